The van der Waals surface area contributed by atoms with Gasteiger partial charge in [0, 0.05) is 37.0 Å². The van der Waals surface area contributed by atoms with Gasteiger partial charge in [-0.05, 0) is 40.9 Å². The van der Waals surface area contributed by atoms with Gasteiger partial charge in [-0.25, -0.2) is 4.98 Å². The first kappa shape index (κ1) is 10.9. The average Bonchev–Trinajstić information content (AvgIpc) is 2.30. The van der Waals surface area contributed by atoms with Gasteiger partial charge in [0.1, 0.15) is 5.82 Å². The highest BCUT2D eigenvalue weighted by molar-refractivity contribution is 9.10. The van der Waals surface area contributed by atoms with Crippen molar-refractivity contribution < 1.29 is 4.74 Å². The molecule has 2 rings (SSSR count). The summed E-state index contributed by atoms with van der Waals surface area (Å²) in [6.07, 6.45) is 4.02. The standard InChI is InChI=1S/C11H15BrN2O/c1-14(10-4-6-15-7-5-10)11-3-2-9(12)8-13-11/h2-3,8,10H,4-7H2,1H3. The quantitative estimate of drug-likeness (QED) is 0.826. The minimum absolute atomic E-state index is 0.562. The molecule has 1 aromatic heterocycles. The molecule has 0 bridgehead atoms. The molecule has 15 heavy (non-hydrogen) atoms. The summed E-state index contributed by atoms with van der Waals surface area (Å²) in [5.41, 5.74) is 0. The lowest BCUT2D eigenvalue weighted by Crippen LogP contribution is -2.37. The van der Waals surface area contributed by atoms with Crippen LogP contribution in [0.1, 0.15) is 12.8 Å². The molecular formula is C11H15BrN2O. The largest absolute Gasteiger partial charge is 0.381 e. The van der Waals surface area contributed by atoms with Crippen LogP contribution in [0.2, 0.25) is 0 Å². The number of anilines is 1. The number of nitrogens with zero attached hydrogens (tertiary/aromatic N) is 2. The minimum atomic E-state index is 0.562. The molecular weight excluding hydrogens is 256 g/mol. The number of rotatable bonds is 2. The maximum absolute atomic E-state index is 5.35. The maximum atomic E-state index is 5.35. The normalized spacial score (nSPS) is 17.7. The molecule has 0 atom stereocenters. The average molecular weight is 271 g/mol. The molecule has 0 saturated carbocycles. The van der Waals surface area contributed by atoms with E-state index in [4.69, 9.17) is 4.74 Å². The Balaban J connectivity index is 2.05. The lowest BCUT2D eigenvalue weighted by Gasteiger charge is -2.32. The highest BCUT2D eigenvalue weighted by Gasteiger charge is 2.19. The SMILES string of the molecule is CN(c1ccc(Br)cn1)C1CCOCC1. The van der Waals surface area contributed by atoms with Gasteiger partial charge in [0.25, 0.3) is 0 Å². The van der Waals surface area contributed by atoms with Gasteiger partial charge in [-0.15, -0.1) is 0 Å². The van der Waals surface area contributed by atoms with Crippen LogP contribution in [0.25, 0.3) is 0 Å². The second kappa shape index (κ2) is 4.94. The van der Waals surface area contributed by atoms with E-state index >= 15 is 0 Å². The van der Waals surface area contributed by atoms with E-state index in [0.717, 1.165) is 36.3 Å². The lowest BCUT2D eigenvalue weighted by molar-refractivity contribution is 0.0853. The van der Waals surface area contributed by atoms with Crippen LogP contribution in [-0.4, -0.2) is 31.3 Å². The van der Waals surface area contributed by atoms with Gasteiger partial charge < -0.3 is 9.64 Å². The molecule has 0 amide bonds. The van der Waals surface area contributed by atoms with E-state index in [1.54, 1.807) is 0 Å². The van der Waals surface area contributed by atoms with E-state index in [9.17, 15) is 0 Å². The molecule has 4 heteroatoms. The summed E-state index contributed by atoms with van der Waals surface area (Å²) in [6.45, 7) is 1.73. The van der Waals surface area contributed by atoms with Crippen LogP contribution in [0, 0.1) is 0 Å². The van der Waals surface area contributed by atoms with E-state index in [0.29, 0.717) is 6.04 Å². The Morgan fingerprint density at radius 2 is 2.13 bits per heavy atom. The van der Waals surface area contributed by atoms with E-state index in [1.165, 1.54) is 0 Å². The van der Waals surface area contributed by atoms with Crippen LogP contribution in [-0.2, 0) is 4.74 Å². The molecule has 0 aromatic carbocycles. The fraction of sp³-hybridized carbons (Fsp3) is 0.545. The predicted molar refractivity (Wildman–Crippen MR) is 64.2 cm³/mol. The number of hydrogen-bond acceptors (Lipinski definition) is 3. The van der Waals surface area contributed by atoms with E-state index in [2.05, 4.69) is 32.9 Å². The Kier molecular flexibility index (Phi) is 3.59. The Morgan fingerprint density at radius 3 is 2.73 bits per heavy atom. The van der Waals surface area contributed by atoms with Crippen molar-refractivity contribution in [3.63, 3.8) is 0 Å². The molecule has 2 heterocycles. The van der Waals surface area contributed by atoms with Gasteiger partial charge in [-0.2, -0.15) is 0 Å². The van der Waals surface area contributed by atoms with E-state index in [1.807, 2.05) is 18.3 Å². The van der Waals surface area contributed by atoms with Crippen molar-refractivity contribution in [2.75, 3.05) is 25.2 Å². The summed E-state index contributed by atoms with van der Waals surface area (Å²) in [7, 11) is 2.10. The zero-order valence-corrected chi connectivity index (χ0v) is 10.4. The number of pyridine rings is 1. The zero-order valence-electron chi connectivity index (χ0n) is 8.82. The molecule has 0 N–H and O–H groups in total. The summed E-state index contributed by atoms with van der Waals surface area (Å²) in [5.74, 6) is 1.03. The lowest BCUT2D eigenvalue weighted by atomic mass is 10.1. The molecule has 3 nitrogen and oxygen atoms in total. The molecule has 82 valence electrons. The molecule has 1 aliphatic rings. The first-order valence-electron chi connectivity index (χ1n) is 5.19. The van der Waals surface area contributed by atoms with E-state index < -0.39 is 0 Å². The Labute approximate surface area is 98.6 Å². The molecule has 1 fully saturated rings. The highest BCUT2D eigenvalue weighted by atomic mass is 79.9. The third-order valence-electron chi connectivity index (χ3n) is 2.81. The van der Waals surface area contributed by atoms with Gasteiger partial charge in [0.2, 0.25) is 0 Å². The molecule has 1 saturated heterocycles. The number of halogens is 1. The van der Waals surface area contributed by atoms with E-state index in [-0.39, 0.29) is 0 Å². The van der Waals surface area contributed by atoms with Gasteiger partial charge in [0.15, 0.2) is 0 Å². The van der Waals surface area contributed by atoms with Crippen molar-refractivity contribution in [1.82, 2.24) is 4.98 Å². The van der Waals surface area contributed by atoms with Crippen molar-refractivity contribution in [2.24, 2.45) is 0 Å². The van der Waals surface area contributed by atoms with Gasteiger partial charge in [-0.3, -0.25) is 0 Å². The fourth-order valence-electron chi connectivity index (χ4n) is 1.84. The summed E-state index contributed by atoms with van der Waals surface area (Å²) < 4.78 is 6.37. The van der Waals surface area contributed by atoms with Crippen LogP contribution in [0.4, 0.5) is 5.82 Å². The smallest absolute Gasteiger partial charge is 0.128 e. The number of aromatic nitrogens is 1. The molecule has 1 aromatic rings. The van der Waals surface area contributed by atoms with Crippen LogP contribution < -0.4 is 4.90 Å². The molecule has 0 unspecified atom stereocenters. The predicted octanol–water partition coefficient (Wildman–Crippen LogP) is 2.46. The molecule has 0 spiro atoms. The second-order valence-electron chi connectivity index (χ2n) is 3.79. The van der Waals surface area contributed by atoms with Crippen LogP contribution in [0.3, 0.4) is 0 Å². The maximum Gasteiger partial charge on any atom is 0.128 e. The van der Waals surface area contributed by atoms with Crippen molar-refractivity contribution in [3.8, 4) is 0 Å². The van der Waals surface area contributed by atoms with Crippen LogP contribution >= 0.6 is 15.9 Å². The second-order valence-corrected chi connectivity index (χ2v) is 4.70. The monoisotopic (exact) mass is 270 g/mol. The molecule has 0 radical (unpaired) electrons. The van der Waals surface area contributed by atoms with Crippen molar-refractivity contribution in [1.29, 1.82) is 0 Å². The first-order valence-corrected chi connectivity index (χ1v) is 5.99. The number of hydrogen-bond donors (Lipinski definition) is 0. The summed E-state index contributed by atoms with van der Waals surface area (Å²) in [4.78, 5) is 6.64. The Morgan fingerprint density at radius 1 is 1.40 bits per heavy atom. The summed E-state index contributed by atoms with van der Waals surface area (Å²) >= 11 is 3.39. The van der Waals surface area contributed by atoms with Crippen molar-refractivity contribution >= 4 is 21.7 Å². The van der Waals surface area contributed by atoms with Crippen molar-refractivity contribution in [3.05, 3.63) is 22.8 Å². The summed E-state index contributed by atoms with van der Waals surface area (Å²) in [6, 6.07) is 4.63. The highest BCUT2D eigenvalue weighted by Crippen LogP contribution is 2.20. The Hall–Kier alpha value is -0.610. The van der Waals surface area contributed by atoms with Gasteiger partial charge in [-0.1, -0.05) is 0 Å². The Bertz CT molecular complexity index is 309. The summed E-state index contributed by atoms with van der Waals surface area (Å²) in [5, 5.41) is 0. The molecule has 1 aliphatic heterocycles. The van der Waals surface area contributed by atoms with Gasteiger partial charge >= 0.3 is 0 Å². The van der Waals surface area contributed by atoms with Crippen molar-refractivity contribution in [2.45, 2.75) is 18.9 Å². The fourth-order valence-corrected chi connectivity index (χ4v) is 2.07. The van der Waals surface area contributed by atoms with Crippen LogP contribution in [0.5, 0.6) is 0 Å². The topological polar surface area (TPSA) is 25.4 Å². The molecule has 0 aliphatic carbocycles. The van der Waals surface area contributed by atoms with Crippen LogP contribution in [0.15, 0.2) is 22.8 Å². The number of ether oxygens (including phenoxy) is 1. The minimum Gasteiger partial charge on any atom is -0.381 e. The first-order chi connectivity index (χ1) is 7.27. The van der Waals surface area contributed by atoms with Gasteiger partial charge in [0.05, 0.1) is 0 Å². The zero-order chi connectivity index (χ0) is 10.7. The third kappa shape index (κ3) is 2.69. The third-order valence-corrected chi connectivity index (χ3v) is 3.28.